The van der Waals surface area contributed by atoms with E-state index in [-0.39, 0.29) is 24.2 Å². The zero-order valence-corrected chi connectivity index (χ0v) is 21.1. The van der Waals surface area contributed by atoms with Gasteiger partial charge in [0.1, 0.15) is 0 Å². The van der Waals surface area contributed by atoms with Crippen molar-refractivity contribution in [2.75, 3.05) is 33.9 Å². The minimum Gasteiger partial charge on any atom is -0.493 e. The molecule has 1 unspecified atom stereocenters. The van der Waals surface area contributed by atoms with Gasteiger partial charge in [0.25, 0.3) is 0 Å². The first-order valence-electron chi connectivity index (χ1n) is 11.6. The SMILES string of the molecule is CCCCNC1CCN(C(=O)CCC(C#N)(c2ccc(OC)c(OC)c2)C(C)C)CC1.Cl. The molecule has 1 N–H and O–H groups in total. The van der Waals surface area contributed by atoms with Crippen molar-refractivity contribution >= 4 is 18.3 Å². The normalized spacial score (nSPS) is 16.1. The summed E-state index contributed by atoms with van der Waals surface area (Å²) < 4.78 is 10.8. The van der Waals surface area contributed by atoms with E-state index in [1.807, 2.05) is 36.9 Å². The highest BCUT2D eigenvalue weighted by Crippen LogP contribution is 2.40. The Balaban J connectivity index is 0.00000512. The van der Waals surface area contributed by atoms with Gasteiger partial charge in [0.2, 0.25) is 5.91 Å². The summed E-state index contributed by atoms with van der Waals surface area (Å²) in [7, 11) is 3.19. The Morgan fingerprint density at radius 2 is 1.91 bits per heavy atom. The summed E-state index contributed by atoms with van der Waals surface area (Å²) in [5.41, 5.74) is 0.115. The molecule has 180 valence electrons. The highest BCUT2D eigenvalue weighted by Gasteiger charge is 2.37. The summed E-state index contributed by atoms with van der Waals surface area (Å²) in [5.74, 6) is 1.43. The largest absolute Gasteiger partial charge is 0.493 e. The number of amides is 1. The number of carbonyl (C=O) groups excluding carboxylic acids is 1. The summed E-state index contributed by atoms with van der Waals surface area (Å²) >= 11 is 0. The Kier molecular flexibility index (Phi) is 11.9. The Hall–Kier alpha value is -1.97. The summed E-state index contributed by atoms with van der Waals surface area (Å²) in [6.07, 6.45) is 5.25. The number of nitrogens with one attached hydrogen (secondary N) is 1. The van der Waals surface area contributed by atoms with Crippen LogP contribution in [0.15, 0.2) is 18.2 Å². The number of likely N-dealkylation sites (tertiary alicyclic amines) is 1. The van der Waals surface area contributed by atoms with Gasteiger partial charge >= 0.3 is 0 Å². The molecule has 1 saturated heterocycles. The lowest BCUT2D eigenvalue weighted by Gasteiger charge is -2.35. The average molecular weight is 466 g/mol. The lowest BCUT2D eigenvalue weighted by atomic mass is 9.69. The fourth-order valence-electron chi connectivity index (χ4n) is 4.41. The van der Waals surface area contributed by atoms with Gasteiger partial charge in [-0.25, -0.2) is 0 Å². The molecule has 32 heavy (non-hydrogen) atoms. The molecule has 1 aliphatic rings. The highest BCUT2D eigenvalue weighted by molar-refractivity contribution is 5.85. The van der Waals surface area contributed by atoms with E-state index in [0.29, 0.717) is 30.4 Å². The lowest BCUT2D eigenvalue weighted by Crippen LogP contribution is -2.45. The van der Waals surface area contributed by atoms with Gasteiger partial charge < -0.3 is 19.7 Å². The predicted molar refractivity (Wildman–Crippen MR) is 131 cm³/mol. The third-order valence-electron chi connectivity index (χ3n) is 6.63. The molecule has 0 saturated carbocycles. The van der Waals surface area contributed by atoms with E-state index < -0.39 is 5.41 Å². The van der Waals surface area contributed by atoms with Crippen molar-refractivity contribution in [3.63, 3.8) is 0 Å². The molecule has 1 heterocycles. The van der Waals surface area contributed by atoms with E-state index in [9.17, 15) is 10.1 Å². The van der Waals surface area contributed by atoms with Crippen LogP contribution >= 0.6 is 12.4 Å². The second-order valence-corrected chi connectivity index (χ2v) is 8.77. The Bertz CT molecular complexity index is 757. The van der Waals surface area contributed by atoms with Crippen LogP contribution in [-0.2, 0) is 10.2 Å². The third-order valence-corrected chi connectivity index (χ3v) is 6.63. The number of piperidine rings is 1. The van der Waals surface area contributed by atoms with E-state index in [2.05, 4.69) is 18.3 Å². The molecule has 1 atom stereocenters. The van der Waals surface area contributed by atoms with Gasteiger partial charge in [-0.05, 0) is 55.8 Å². The van der Waals surface area contributed by atoms with Crippen LogP contribution in [0.25, 0.3) is 0 Å². The Labute approximate surface area is 200 Å². The van der Waals surface area contributed by atoms with Crippen LogP contribution in [0.2, 0.25) is 0 Å². The number of rotatable bonds is 11. The maximum atomic E-state index is 13.0. The van der Waals surface area contributed by atoms with Crippen LogP contribution in [0.3, 0.4) is 0 Å². The molecular formula is C25H40ClN3O3. The van der Waals surface area contributed by atoms with Crippen molar-refractivity contribution in [2.24, 2.45) is 5.92 Å². The van der Waals surface area contributed by atoms with E-state index in [1.165, 1.54) is 12.8 Å². The standard InChI is InChI=1S/C25H39N3O3.ClH/c1-6-7-14-27-21-11-15-28(16-12-21)24(29)10-13-25(18-26,19(2)3)20-8-9-22(30-4)23(17-20)31-5;/h8-9,17,19,21,27H,6-7,10-16H2,1-5H3;1H. The number of methoxy groups -OCH3 is 2. The monoisotopic (exact) mass is 465 g/mol. The second kappa shape index (κ2) is 13.5. The van der Waals surface area contributed by atoms with Crippen LogP contribution < -0.4 is 14.8 Å². The third kappa shape index (κ3) is 6.76. The number of hydrogen-bond acceptors (Lipinski definition) is 5. The van der Waals surface area contributed by atoms with Crippen molar-refractivity contribution < 1.29 is 14.3 Å². The van der Waals surface area contributed by atoms with E-state index in [4.69, 9.17) is 9.47 Å². The molecule has 6 nitrogen and oxygen atoms in total. The van der Waals surface area contributed by atoms with Gasteiger partial charge in [0.15, 0.2) is 11.5 Å². The topological polar surface area (TPSA) is 74.6 Å². The van der Waals surface area contributed by atoms with Gasteiger partial charge in [-0.15, -0.1) is 12.4 Å². The van der Waals surface area contributed by atoms with Gasteiger partial charge in [-0.3, -0.25) is 4.79 Å². The number of benzene rings is 1. The van der Waals surface area contributed by atoms with Gasteiger partial charge in [-0.2, -0.15) is 5.26 Å². The van der Waals surface area contributed by atoms with Crippen molar-refractivity contribution in [3.8, 4) is 17.6 Å². The Morgan fingerprint density at radius 1 is 1.25 bits per heavy atom. The molecule has 1 aliphatic heterocycles. The molecule has 1 amide bonds. The highest BCUT2D eigenvalue weighted by atomic mass is 35.5. The first-order valence-corrected chi connectivity index (χ1v) is 11.6. The minimum atomic E-state index is -0.755. The number of halogens is 1. The quantitative estimate of drug-likeness (QED) is 0.479. The number of unbranched alkanes of at least 4 members (excludes halogenated alkanes) is 1. The van der Waals surface area contributed by atoms with Crippen molar-refractivity contribution in [1.82, 2.24) is 10.2 Å². The average Bonchev–Trinajstić information content (AvgIpc) is 2.79. The molecule has 0 spiro atoms. The zero-order valence-electron chi connectivity index (χ0n) is 20.3. The molecular weight excluding hydrogens is 426 g/mol. The zero-order chi connectivity index (χ0) is 22.9. The number of hydrogen-bond donors (Lipinski definition) is 1. The van der Waals surface area contributed by atoms with E-state index in [0.717, 1.165) is 38.0 Å². The van der Waals surface area contributed by atoms with Crippen LogP contribution in [0.1, 0.15) is 64.9 Å². The lowest BCUT2D eigenvalue weighted by molar-refractivity contribution is -0.132. The van der Waals surface area contributed by atoms with Gasteiger partial charge in [-0.1, -0.05) is 33.3 Å². The smallest absolute Gasteiger partial charge is 0.222 e. The summed E-state index contributed by atoms with van der Waals surface area (Å²) in [6, 6.07) is 8.68. The molecule has 1 fully saturated rings. The van der Waals surface area contributed by atoms with Crippen molar-refractivity contribution in [2.45, 2.75) is 70.8 Å². The molecule has 0 bridgehead atoms. The van der Waals surface area contributed by atoms with Crippen LogP contribution in [0.5, 0.6) is 11.5 Å². The summed E-state index contributed by atoms with van der Waals surface area (Å²) in [4.78, 5) is 14.9. The van der Waals surface area contributed by atoms with Crippen molar-refractivity contribution in [3.05, 3.63) is 23.8 Å². The van der Waals surface area contributed by atoms with Crippen LogP contribution in [0.4, 0.5) is 0 Å². The number of nitriles is 1. The van der Waals surface area contributed by atoms with E-state index >= 15 is 0 Å². The van der Waals surface area contributed by atoms with Crippen molar-refractivity contribution in [1.29, 1.82) is 5.26 Å². The first kappa shape index (κ1) is 28.1. The fourth-order valence-corrected chi connectivity index (χ4v) is 4.41. The molecule has 0 aromatic heterocycles. The minimum absolute atomic E-state index is 0. The van der Waals surface area contributed by atoms with Gasteiger partial charge in [0, 0.05) is 25.6 Å². The molecule has 7 heteroatoms. The summed E-state index contributed by atoms with van der Waals surface area (Å²) in [6.45, 7) is 8.92. The number of carbonyl (C=O) groups is 1. The molecule has 1 aromatic rings. The van der Waals surface area contributed by atoms with Gasteiger partial charge in [0.05, 0.1) is 25.7 Å². The maximum Gasteiger partial charge on any atom is 0.222 e. The van der Waals surface area contributed by atoms with Crippen LogP contribution in [0, 0.1) is 17.2 Å². The Morgan fingerprint density at radius 3 is 2.44 bits per heavy atom. The second-order valence-electron chi connectivity index (χ2n) is 8.77. The molecule has 2 rings (SSSR count). The molecule has 1 aromatic carbocycles. The molecule has 0 aliphatic carbocycles. The number of ether oxygens (including phenoxy) is 2. The van der Waals surface area contributed by atoms with Crippen LogP contribution in [-0.4, -0.2) is 50.7 Å². The van der Waals surface area contributed by atoms with E-state index in [1.54, 1.807) is 14.2 Å². The number of nitrogens with zero attached hydrogens (tertiary/aromatic N) is 2. The molecule has 0 radical (unpaired) electrons. The summed E-state index contributed by atoms with van der Waals surface area (Å²) in [5, 5.41) is 13.8. The maximum absolute atomic E-state index is 13.0. The predicted octanol–water partition coefficient (Wildman–Crippen LogP) is 4.70. The first-order chi connectivity index (χ1) is 14.9. The fraction of sp³-hybridized carbons (Fsp3) is 0.680.